The van der Waals surface area contributed by atoms with E-state index in [4.69, 9.17) is 10.9 Å². The molecule has 0 aliphatic carbocycles. The van der Waals surface area contributed by atoms with E-state index < -0.39 is 5.92 Å². The topological polar surface area (TPSA) is 108 Å². The van der Waals surface area contributed by atoms with Gasteiger partial charge in [-0.1, -0.05) is 19.0 Å². The van der Waals surface area contributed by atoms with Crippen LogP contribution in [0.25, 0.3) is 0 Å². The van der Waals surface area contributed by atoms with Gasteiger partial charge in [-0.25, -0.2) is 0 Å². The number of carbonyl (C=O) groups excluding carboxylic acids is 2. The Labute approximate surface area is 107 Å². The zero-order valence-electron chi connectivity index (χ0n) is 11.3. The van der Waals surface area contributed by atoms with Crippen LogP contribution in [0.1, 0.15) is 20.3 Å². The number of rotatable bonds is 6. The van der Waals surface area contributed by atoms with Gasteiger partial charge in [0.05, 0.1) is 11.8 Å². The Morgan fingerprint density at radius 1 is 1.50 bits per heavy atom. The lowest BCUT2D eigenvalue weighted by Crippen LogP contribution is -2.43. The molecule has 7 heteroatoms. The molecular weight excluding hydrogens is 236 g/mol. The number of hydrogen-bond acceptors (Lipinski definition) is 4. The molecule has 0 fully saturated rings. The van der Waals surface area contributed by atoms with Crippen LogP contribution < -0.4 is 11.1 Å². The average molecular weight is 258 g/mol. The van der Waals surface area contributed by atoms with Crippen LogP contribution in [0.2, 0.25) is 0 Å². The fourth-order valence-corrected chi connectivity index (χ4v) is 1.68. The summed E-state index contributed by atoms with van der Waals surface area (Å²) in [6, 6.07) is 0. The molecule has 0 saturated heterocycles. The maximum atomic E-state index is 12.0. The molecule has 104 valence electrons. The number of amidine groups is 1. The number of nitrogens with one attached hydrogen (secondary N) is 1. The van der Waals surface area contributed by atoms with Crippen molar-refractivity contribution < 1.29 is 14.8 Å². The van der Waals surface area contributed by atoms with E-state index in [-0.39, 0.29) is 30.1 Å². The van der Waals surface area contributed by atoms with Crippen LogP contribution in [0.15, 0.2) is 5.16 Å². The second kappa shape index (κ2) is 7.52. The van der Waals surface area contributed by atoms with Gasteiger partial charge in [0.2, 0.25) is 11.8 Å². The van der Waals surface area contributed by atoms with Gasteiger partial charge < -0.3 is 21.2 Å². The molecule has 18 heavy (non-hydrogen) atoms. The summed E-state index contributed by atoms with van der Waals surface area (Å²) in [5.74, 6) is -1.47. The molecular formula is C11H22N4O3. The first-order valence-electron chi connectivity index (χ1n) is 5.82. The minimum atomic E-state index is -0.656. The normalized spacial score (nSPS) is 14.8. The Hall–Kier alpha value is -1.79. The van der Waals surface area contributed by atoms with E-state index in [1.165, 1.54) is 4.90 Å². The number of amides is 2. The van der Waals surface area contributed by atoms with Crippen LogP contribution in [-0.2, 0) is 9.59 Å². The first-order valence-corrected chi connectivity index (χ1v) is 5.82. The van der Waals surface area contributed by atoms with E-state index in [0.717, 1.165) is 0 Å². The van der Waals surface area contributed by atoms with Gasteiger partial charge in [0.15, 0.2) is 5.84 Å². The third-order valence-corrected chi connectivity index (χ3v) is 2.80. The highest BCUT2D eigenvalue weighted by molar-refractivity contribution is 6.02. The number of nitrogens with two attached hydrogens (primary N) is 1. The van der Waals surface area contributed by atoms with Crippen LogP contribution in [0.5, 0.6) is 0 Å². The van der Waals surface area contributed by atoms with Crippen LogP contribution in [0.3, 0.4) is 0 Å². The fraction of sp³-hybridized carbons (Fsp3) is 0.727. The Morgan fingerprint density at radius 3 is 2.44 bits per heavy atom. The van der Waals surface area contributed by atoms with E-state index in [2.05, 4.69) is 10.5 Å². The summed E-state index contributed by atoms with van der Waals surface area (Å²) in [5.41, 5.74) is 5.46. The second-order valence-electron chi connectivity index (χ2n) is 4.22. The predicted molar refractivity (Wildman–Crippen MR) is 68.1 cm³/mol. The first-order chi connectivity index (χ1) is 8.38. The summed E-state index contributed by atoms with van der Waals surface area (Å²) < 4.78 is 0. The molecule has 0 spiro atoms. The molecule has 0 bridgehead atoms. The van der Waals surface area contributed by atoms with E-state index in [9.17, 15) is 9.59 Å². The molecule has 0 aromatic carbocycles. The fourth-order valence-electron chi connectivity index (χ4n) is 1.68. The Kier molecular flexibility index (Phi) is 6.77. The van der Waals surface area contributed by atoms with Gasteiger partial charge in [-0.3, -0.25) is 9.59 Å². The molecule has 0 aliphatic rings. The standard InChI is InChI=1S/C11H22N4O3/c1-5-8(9(12)14-18)11(17)15(4)6-7(2)10(16)13-3/h7-8,18H,5-6H2,1-4H3,(H2,12,14)(H,13,16). The minimum absolute atomic E-state index is 0.109. The Morgan fingerprint density at radius 2 is 2.06 bits per heavy atom. The quantitative estimate of drug-likeness (QED) is 0.261. The van der Waals surface area contributed by atoms with Gasteiger partial charge in [0.25, 0.3) is 0 Å². The zero-order chi connectivity index (χ0) is 14.3. The van der Waals surface area contributed by atoms with Crippen molar-refractivity contribution in [3.05, 3.63) is 0 Å². The Bertz CT molecular complexity index is 330. The lowest BCUT2D eigenvalue weighted by atomic mass is 10.0. The number of carbonyl (C=O) groups is 2. The Balaban J connectivity index is 4.63. The number of nitrogens with zero attached hydrogens (tertiary/aromatic N) is 2. The van der Waals surface area contributed by atoms with Crippen LogP contribution in [-0.4, -0.2) is 48.4 Å². The monoisotopic (exact) mass is 258 g/mol. The SMILES string of the molecule is CCC(C(=O)N(C)CC(C)C(=O)NC)C(N)=NO. The molecule has 0 aromatic heterocycles. The van der Waals surface area contributed by atoms with Crippen molar-refractivity contribution in [3.8, 4) is 0 Å². The average Bonchev–Trinajstić information content (AvgIpc) is 2.37. The van der Waals surface area contributed by atoms with Crippen molar-refractivity contribution in [1.29, 1.82) is 0 Å². The van der Waals surface area contributed by atoms with Gasteiger partial charge in [-0.15, -0.1) is 0 Å². The van der Waals surface area contributed by atoms with Crippen molar-refractivity contribution in [2.75, 3.05) is 20.6 Å². The molecule has 2 unspecified atom stereocenters. The smallest absolute Gasteiger partial charge is 0.233 e. The molecule has 2 amide bonds. The lowest BCUT2D eigenvalue weighted by Gasteiger charge is -2.24. The van der Waals surface area contributed by atoms with E-state index in [1.807, 2.05) is 0 Å². The van der Waals surface area contributed by atoms with Crippen molar-refractivity contribution in [3.63, 3.8) is 0 Å². The predicted octanol–water partition coefficient (Wildman–Crippen LogP) is -0.400. The maximum Gasteiger partial charge on any atom is 0.233 e. The van der Waals surface area contributed by atoms with Gasteiger partial charge in [0, 0.05) is 20.6 Å². The van der Waals surface area contributed by atoms with Crippen molar-refractivity contribution in [2.24, 2.45) is 22.7 Å². The highest BCUT2D eigenvalue weighted by Gasteiger charge is 2.26. The summed E-state index contributed by atoms with van der Waals surface area (Å²) in [5, 5.41) is 14.0. The third-order valence-electron chi connectivity index (χ3n) is 2.80. The van der Waals surface area contributed by atoms with Gasteiger partial charge >= 0.3 is 0 Å². The van der Waals surface area contributed by atoms with Gasteiger partial charge in [-0.2, -0.15) is 0 Å². The maximum absolute atomic E-state index is 12.0. The molecule has 0 saturated carbocycles. The van der Waals surface area contributed by atoms with E-state index in [0.29, 0.717) is 6.42 Å². The van der Waals surface area contributed by atoms with Gasteiger partial charge in [-0.05, 0) is 6.42 Å². The third kappa shape index (κ3) is 4.23. The molecule has 0 aromatic rings. The van der Waals surface area contributed by atoms with Crippen molar-refractivity contribution in [2.45, 2.75) is 20.3 Å². The molecule has 4 N–H and O–H groups in total. The highest BCUT2D eigenvalue weighted by Crippen LogP contribution is 2.09. The van der Waals surface area contributed by atoms with Crippen LogP contribution in [0.4, 0.5) is 0 Å². The summed E-state index contributed by atoms with van der Waals surface area (Å²) >= 11 is 0. The van der Waals surface area contributed by atoms with Gasteiger partial charge in [0.1, 0.15) is 0 Å². The summed E-state index contributed by atoms with van der Waals surface area (Å²) in [6.45, 7) is 3.79. The second-order valence-corrected chi connectivity index (χ2v) is 4.22. The first kappa shape index (κ1) is 16.2. The van der Waals surface area contributed by atoms with E-state index >= 15 is 0 Å². The van der Waals surface area contributed by atoms with Crippen LogP contribution >= 0.6 is 0 Å². The highest BCUT2D eigenvalue weighted by atomic mass is 16.4. The van der Waals surface area contributed by atoms with Crippen molar-refractivity contribution >= 4 is 17.6 Å². The van der Waals surface area contributed by atoms with E-state index in [1.54, 1.807) is 27.9 Å². The molecule has 0 radical (unpaired) electrons. The molecule has 0 rings (SSSR count). The minimum Gasteiger partial charge on any atom is -0.409 e. The zero-order valence-corrected chi connectivity index (χ0v) is 11.3. The molecule has 0 aliphatic heterocycles. The van der Waals surface area contributed by atoms with Crippen molar-refractivity contribution in [1.82, 2.24) is 10.2 Å². The summed E-state index contributed by atoms with van der Waals surface area (Å²) in [6.07, 6.45) is 0.438. The summed E-state index contributed by atoms with van der Waals surface area (Å²) in [4.78, 5) is 24.8. The van der Waals surface area contributed by atoms with Crippen LogP contribution in [0, 0.1) is 11.8 Å². The number of hydrogen-bond donors (Lipinski definition) is 3. The largest absolute Gasteiger partial charge is 0.409 e. The molecule has 0 heterocycles. The lowest BCUT2D eigenvalue weighted by molar-refractivity contribution is -0.134. The molecule has 7 nitrogen and oxygen atoms in total. The number of oxime groups is 1. The molecule has 2 atom stereocenters. The summed E-state index contributed by atoms with van der Waals surface area (Å²) in [7, 11) is 3.14.